The van der Waals surface area contributed by atoms with Crippen LogP contribution in [0.1, 0.15) is 29.6 Å². The molecular formula is C12H19N5OS. The van der Waals surface area contributed by atoms with Gasteiger partial charge in [0.2, 0.25) is 5.89 Å². The van der Waals surface area contributed by atoms with Crippen molar-refractivity contribution < 1.29 is 4.42 Å². The highest BCUT2D eigenvalue weighted by molar-refractivity contribution is 7.11. The summed E-state index contributed by atoms with van der Waals surface area (Å²) in [6.45, 7) is 8.50. The molecule has 0 atom stereocenters. The third-order valence-electron chi connectivity index (χ3n) is 2.38. The zero-order valence-corrected chi connectivity index (χ0v) is 12.3. The van der Waals surface area contributed by atoms with E-state index in [1.54, 1.807) is 11.3 Å². The van der Waals surface area contributed by atoms with Gasteiger partial charge in [-0.05, 0) is 19.4 Å². The van der Waals surface area contributed by atoms with Crippen molar-refractivity contribution in [1.82, 2.24) is 20.5 Å². The average Bonchev–Trinajstić information content (AvgIpc) is 2.95. The van der Waals surface area contributed by atoms with Gasteiger partial charge in [0, 0.05) is 11.1 Å². The number of thiazole rings is 1. The highest BCUT2D eigenvalue weighted by Gasteiger charge is 2.06. The smallest absolute Gasteiger partial charge is 0.315 e. The Labute approximate surface area is 116 Å². The molecule has 0 aliphatic rings. The van der Waals surface area contributed by atoms with Crippen LogP contribution in [0.4, 0.5) is 6.01 Å². The average molecular weight is 281 g/mol. The summed E-state index contributed by atoms with van der Waals surface area (Å²) in [4.78, 5) is 5.34. The molecule has 104 valence electrons. The van der Waals surface area contributed by atoms with Crippen molar-refractivity contribution >= 4 is 17.4 Å². The Bertz CT molecular complexity index is 508. The number of rotatable bonds is 7. The molecule has 2 heterocycles. The van der Waals surface area contributed by atoms with Gasteiger partial charge >= 0.3 is 6.01 Å². The molecule has 2 aromatic rings. The maximum absolute atomic E-state index is 5.48. The van der Waals surface area contributed by atoms with E-state index < -0.39 is 0 Å². The van der Waals surface area contributed by atoms with Crippen LogP contribution in [0.5, 0.6) is 0 Å². The van der Waals surface area contributed by atoms with Crippen LogP contribution in [0.2, 0.25) is 0 Å². The predicted octanol–water partition coefficient (Wildman–Crippen LogP) is 2.19. The van der Waals surface area contributed by atoms with E-state index in [0.29, 0.717) is 30.9 Å². The number of hydrogen-bond donors (Lipinski definition) is 2. The van der Waals surface area contributed by atoms with E-state index in [9.17, 15) is 0 Å². The quantitative estimate of drug-likeness (QED) is 0.810. The van der Waals surface area contributed by atoms with Gasteiger partial charge in [-0.15, -0.1) is 16.4 Å². The Kier molecular flexibility index (Phi) is 4.86. The number of nitrogens with one attached hydrogen (secondary N) is 2. The Morgan fingerprint density at radius 1 is 1.32 bits per heavy atom. The second-order valence-electron chi connectivity index (χ2n) is 4.72. The summed E-state index contributed by atoms with van der Waals surface area (Å²) in [5.74, 6) is 1.21. The highest BCUT2D eigenvalue weighted by Crippen LogP contribution is 2.13. The standard InChI is InChI=1S/C12H19N5OS/c1-8(2)4-13-7-11-16-17-12(18-11)15-6-10-5-14-9(3)19-10/h5,8,13H,4,6-7H2,1-3H3,(H,15,17). The third kappa shape index (κ3) is 4.60. The van der Waals surface area contributed by atoms with Gasteiger partial charge in [-0.25, -0.2) is 4.98 Å². The molecule has 6 nitrogen and oxygen atoms in total. The molecule has 0 aliphatic heterocycles. The molecule has 0 aliphatic carbocycles. The van der Waals surface area contributed by atoms with Crippen molar-refractivity contribution in [3.05, 3.63) is 22.0 Å². The van der Waals surface area contributed by atoms with Gasteiger partial charge in [-0.3, -0.25) is 0 Å². The molecule has 0 aromatic carbocycles. The first kappa shape index (κ1) is 14.0. The Morgan fingerprint density at radius 2 is 2.16 bits per heavy atom. The second-order valence-corrected chi connectivity index (χ2v) is 6.04. The van der Waals surface area contributed by atoms with Crippen molar-refractivity contribution in [2.24, 2.45) is 5.92 Å². The summed E-state index contributed by atoms with van der Waals surface area (Å²) < 4.78 is 5.48. The molecule has 0 bridgehead atoms. The van der Waals surface area contributed by atoms with Crippen LogP contribution in [0.15, 0.2) is 10.6 Å². The van der Waals surface area contributed by atoms with E-state index in [-0.39, 0.29) is 0 Å². The minimum Gasteiger partial charge on any atom is -0.407 e. The lowest BCUT2D eigenvalue weighted by atomic mass is 10.2. The molecule has 0 saturated heterocycles. The van der Waals surface area contributed by atoms with Crippen molar-refractivity contribution in [3.63, 3.8) is 0 Å². The Balaban J connectivity index is 1.77. The van der Waals surface area contributed by atoms with Crippen LogP contribution in [-0.2, 0) is 13.1 Å². The minimum atomic E-state index is 0.451. The number of nitrogens with zero attached hydrogens (tertiary/aromatic N) is 3. The summed E-state index contributed by atoms with van der Waals surface area (Å²) in [5.41, 5.74) is 0. The number of anilines is 1. The minimum absolute atomic E-state index is 0.451. The van der Waals surface area contributed by atoms with Crippen LogP contribution >= 0.6 is 11.3 Å². The van der Waals surface area contributed by atoms with Gasteiger partial charge < -0.3 is 15.1 Å². The molecule has 0 unspecified atom stereocenters. The molecule has 2 aromatic heterocycles. The van der Waals surface area contributed by atoms with Crippen LogP contribution in [0, 0.1) is 12.8 Å². The van der Waals surface area contributed by atoms with Gasteiger partial charge in [-0.1, -0.05) is 18.9 Å². The van der Waals surface area contributed by atoms with Gasteiger partial charge in [-0.2, -0.15) is 0 Å². The molecular weight excluding hydrogens is 262 g/mol. The van der Waals surface area contributed by atoms with Crippen LogP contribution in [-0.4, -0.2) is 21.7 Å². The fourth-order valence-electron chi connectivity index (χ4n) is 1.51. The van der Waals surface area contributed by atoms with Crippen LogP contribution in [0.3, 0.4) is 0 Å². The zero-order chi connectivity index (χ0) is 13.7. The first-order valence-corrected chi connectivity index (χ1v) is 7.13. The molecule has 2 rings (SSSR count). The molecule has 0 radical (unpaired) electrons. The Hall–Kier alpha value is -1.47. The van der Waals surface area contributed by atoms with Crippen molar-refractivity contribution in [1.29, 1.82) is 0 Å². The summed E-state index contributed by atoms with van der Waals surface area (Å²) in [6, 6.07) is 0.451. The second kappa shape index (κ2) is 6.63. The first-order chi connectivity index (χ1) is 9.13. The van der Waals surface area contributed by atoms with Crippen molar-refractivity contribution in [3.8, 4) is 0 Å². The molecule has 2 N–H and O–H groups in total. The van der Waals surface area contributed by atoms with E-state index in [2.05, 4.69) is 39.7 Å². The number of aryl methyl sites for hydroxylation is 1. The van der Waals surface area contributed by atoms with Gasteiger partial charge in [0.15, 0.2) is 0 Å². The lowest BCUT2D eigenvalue weighted by Gasteiger charge is -2.03. The zero-order valence-electron chi connectivity index (χ0n) is 11.4. The molecule has 7 heteroatoms. The SMILES string of the molecule is Cc1ncc(CNc2nnc(CNCC(C)C)o2)s1. The predicted molar refractivity (Wildman–Crippen MR) is 75.0 cm³/mol. The summed E-state index contributed by atoms with van der Waals surface area (Å²) >= 11 is 1.66. The van der Waals surface area contributed by atoms with E-state index in [1.165, 1.54) is 0 Å². The summed E-state index contributed by atoms with van der Waals surface area (Å²) in [7, 11) is 0. The number of aromatic nitrogens is 3. The van der Waals surface area contributed by atoms with Gasteiger partial charge in [0.1, 0.15) is 0 Å². The number of hydrogen-bond acceptors (Lipinski definition) is 7. The maximum atomic E-state index is 5.48. The molecule has 0 amide bonds. The lowest BCUT2D eigenvalue weighted by molar-refractivity contribution is 0.458. The third-order valence-corrected chi connectivity index (χ3v) is 3.29. The van der Waals surface area contributed by atoms with Gasteiger partial charge in [0.05, 0.1) is 18.1 Å². The fraction of sp³-hybridized carbons (Fsp3) is 0.583. The molecule has 0 fully saturated rings. The van der Waals surface area contributed by atoms with Crippen LogP contribution in [0.25, 0.3) is 0 Å². The Morgan fingerprint density at radius 3 is 2.84 bits per heavy atom. The van der Waals surface area contributed by atoms with E-state index in [1.807, 2.05) is 13.1 Å². The molecule has 19 heavy (non-hydrogen) atoms. The largest absolute Gasteiger partial charge is 0.407 e. The topological polar surface area (TPSA) is 75.9 Å². The highest BCUT2D eigenvalue weighted by atomic mass is 32.1. The molecule has 0 spiro atoms. The van der Waals surface area contributed by atoms with E-state index in [4.69, 9.17) is 4.42 Å². The van der Waals surface area contributed by atoms with Crippen molar-refractivity contribution in [2.45, 2.75) is 33.9 Å². The van der Waals surface area contributed by atoms with Crippen LogP contribution < -0.4 is 10.6 Å². The van der Waals surface area contributed by atoms with Gasteiger partial charge in [0.25, 0.3) is 0 Å². The lowest BCUT2D eigenvalue weighted by Crippen LogP contribution is -2.19. The summed E-state index contributed by atoms with van der Waals surface area (Å²) in [6.07, 6.45) is 1.86. The first-order valence-electron chi connectivity index (χ1n) is 6.31. The van der Waals surface area contributed by atoms with E-state index >= 15 is 0 Å². The monoisotopic (exact) mass is 281 g/mol. The normalized spacial score (nSPS) is 11.2. The maximum Gasteiger partial charge on any atom is 0.315 e. The van der Waals surface area contributed by atoms with Crippen molar-refractivity contribution in [2.75, 3.05) is 11.9 Å². The fourth-order valence-corrected chi connectivity index (χ4v) is 2.25. The summed E-state index contributed by atoms with van der Waals surface area (Å²) in [5, 5.41) is 15.3. The molecule has 0 saturated carbocycles. The van der Waals surface area contributed by atoms with E-state index in [0.717, 1.165) is 16.4 Å².